The van der Waals surface area contributed by atoms with Crippen molar-refractivity contribution in [2.45, 2.75) is 18.2 Å². The van der Waals surface area contributed by atoms with Gasteiger partial charge >= 0.3 is 0 Å². The van der Waals surface area contributed by atoms with Crippen molar-refractivity contribution in [1.29, 1.82) is 0 Å². The van der Waals surface area contributed by atoms with Crippen LogP contribution in [0.3, 0.4) is 0 Å². The SMILES string of the molecule is CC(Br)CCNC(=O)c1cc(I)ccc1O. The fraction of sp³-hybridized carbons (Fsp3) is 0.364. The number of amides is 1. The smallest absolute Gasteiger partial charge is 0.255 e. The van der Waals surface area contributed by atoms with E-state index >= 15 is 0 Å². The van der Waals surface area contributed by atoms with Gasteiger partial charge in [-0.3, -0.25) is 4.79 Å². The fourth-order valence-corrected chi connectivity index (χ4v) is 1.89. The van der Waals surface area contributed by atoms with Crippen LogP contribution in [-0.4, -0.2) is 22.4 Å². The Hall–Kier alpha value is -0.300. The highest BCUT2D eigenvalue weighted by Crippen LogP contribution is 2.19. The number of carbonyl (C=O) groups excluding carboxylic acids is 1. The molecule has 0 spiro atoms. The van der Waals surface area contributed by atoms with Gasteiger partial charge in [0.1, 0.15) is 5.75 Å². The van der Waals surface area contributed by atoms with Gasteiger partial charge in [-0.05, 0) is 47.2 Å². The summed E-state index contributed by atoms with van der Waals surface area (Å²) in [6.45, 7) is 2.62. The first-order chi connectivity index (χ1) is 7.50. The van der Waals surface area contributed by atoms with Crippen LogP contribution in [0.5, 0.6) is 5.75 Å². The molecular weight excluding hydrogens is 385 g/mol. The molecule has 1 atom stereocenters. The van der Waals surface area contributed by atoms with Crippen LogP contribution >= 0.6 is 38.5 Å². The number of halogens is 2. The maximum Gasteiger partial charge on any atom is 0.255 e. The van der Waals surface area contributed by atoms with Gasteiger partial charge in [-0.25, -0.2) is 0 Å². The Kier molecular flexibility index (Phi) is 5.54. The van der Waals surface area contributed by atoms with Crippen LogP contribution in [0.25, 0.3) is 0 Å². The molecule has 1 amide bonds. The largest absolute Gasteiger partial charge is 0.507 e. The number of phenolic OH excluding ortho intramolecular Hbond substituents is 1. The maximum atomic E-state index is 11.7. The molecule has 0 fully saturated rings. The lowest BCUT2D eigenvalue weighted by atomic mass is 10.2. The van der Waals surface area contributed by atoms with E-state index in [2.05, 4.69) is 43.8 Å². The fourth-order valence-electron chi connectivity index (χ4n) is 1.17. The number of alkyl halides is 1. The predicted octanol–water partition coefficient (Wildman–Crippen LogP) is 2.90. The molecule has 1 aromatic rings. The second kappa shape index (κ2) is 6.44. The van der Waals surface area contributed by atoms with Gasteiger partial charge in [0.2, 0.25) is 0 Å². The highest BCUT2D eigenvalue weighted by Gasteiger charge is 2.10. The molecule has 0 heterocycles. The summed E-state index contributed by atoms with van der Waals surface area (Å²) in [5.41, 5.74) is 0.328. The summed E-state index contributed by atoms with van der Waals surface area (Å²) in [5.74, 6) is -0.214. The Balaban J connectivity index is 2.62. The van der Waals surface area contributed by atoms with E-state index in [1.54, 1.807) is 12.1 Å². The van der Waals surface area contributed by atoms with Gasteiger partial charge in [0.25, 0.3) is 5.91 Å². The van der Waals surface area contributed by atoms with E-state index in [0.717, 1.165) is 9.99 Å². The van der Waals surface area contributed by atoms with Gasteiger partial charge in [0, 0.05) is 14.9 Å². The van der Waals surface area contributed by atoms with Gasteiger partial charge in [-0.15, -0.1) is 0 Å². The molecule has 0 saturated heterocycles. The molecule has 0 saturated carbocycles. The summed E-state index contributed by atoms with van der Waals surface area (Å²) in [6.07, 6.45) is 0.858. The average Bonchev–Trinajstić information content (AvgIpc) is 2.21. The van der Waals surface area contributed by atoms with Gasteiger partial charge in [-0.1, -0.05) is 22.9 Å². The Labute approximate surface area is 117 Å². The Morgan fingerprint density at radius 2 is 2.31 bits per heavy atom. The standard InChI is InChI=1S/C11H13BrINO2/c1-7(12)4-5-14-11(16)9-6-8(13)2-3-10(9)15/h2-3,6-7,15H,4-5H2,1H3,(H,14,16). The van der Waals surface area contributed by atoms with E-state index in [0.29, 0.717) is 16.9 Å². The van der Waals surface area contributed by atoms with Crippen LogP contribution in [-0.2, 0) is 0 Å². The predicted molar refractivity (Wildman–Crippen MR) is 76.2 cm³/mol. The van der Waals surface area contributed by atoms with Crippen LogP contribution < -0.4 is 5.32 Å². The first kappa shape index (κ1) is 13.8. The lowest BCUT2D eigenvalue weighted by Gasteiger charge is -2.08. The molecule has 16 heavy (non-hydrogen) atoms. The number of carbonyl (C=O) groups is 1. The van der Waals surface area contributed by atoms with Crippen molar-refractivity contribution in [3.8, 4) is 5.75 Å². The van der Waals surface area contributed by atoms with Crippen LogP contribution in [0.1, 0.15) is 23.7 Å². The summed E-state index contributed by atoms with van der Waals surface area (Å²) in [4.78, 5) is 12.1. The van der Waals surface area contributed by atoms with Gasteiger partial charge in [0.15, 0.2) is 0 Å². The van der Waals surface area contributed by atoms with Crippen molar-refractivity contribution in [3.05, 3.63) is 27.3 Å². The molecule has 0 bridgehead atoms. The molecule has 5 heteroatoms. The summed E-state index contributed by atoms with van der Waals surface area (Å²) in [6, 6.07) is 4.96. The first-order valence-electron chi connectivity index (χ1n) is 4.91. The molecule has 0 aromatic heterocycles. The second-order valence-corrected chi connectivity index (χ2v) is 6.30. The Morgan fingerprint density at radius 3 is 2.94 bits per heavy atom. The van der Waals surface area contributed by atoms with E-state index < -0.39 is 0 Å². The van der Waals surface area contributed by atoms with Crippen LogP contribution in [0.4, 0.5) is 0 Å². The summed E-state index contributed by atoms with van der Waals surface area (Å²) in [7, 11) is 0. The van der Waals surface area contributed by atoms with Gasteiger partial charge < -0.3 is 10.4 Å². The zero-order valence-electron chi connectivity index (χ0n) is 8.84. The molecule has 0 aliphatic heterocycles. The van der Waals surface area contributed by atoms with Crippen molar-refractivity contribution < 1.29 is 9.90 Å². The minimum absolute atomic E-state index is 0.0183. The molecule has 0 aliphatic rings. The third-order valence-corrected chi connectivity index (χ3v) is 3.16. The maximum absolute atomic E-state index is 11.7. The lowest BCUT2D eigenvalue weighted by Crippen LogP contribution is -2.25. The van der Waals surface area contributed by atoms with Crippen molar-refractivity contribution >= 4 is 44.4 Å². The monoisotopic (exact) mass is 397 g/mol. The number of hydrogen-bond acceptors (Lipinski definition) is 2. The number of nitrogens with one attached hydrogen (secondary N) is 1. The number of benzene rings is 1. The third-order valence-electron chi connectivity index (χ3n) is 2.03. The highest BCUT2D eigenvalue weighted by atomic mass is 127. The molecule has 88 valence electrons. The van der Waals surface area contributed by atoms with Crippen molar-refractivity contribution in [2.24, 2.45) is 0 Å². The summed E-state index contributed by atoms with van der Waals surface area (Å²) < 4.78 is 0.925. The normalized spacial score (nSPS) is 12.2. The first-order valence-corrected chi connectivity index (χ1v) is 6.91. The van der Waals surface area contributed by atoms with E-state index in [1.165, 1.54) is 6.07 Å². The second-order valence-electron chi connectivity index (χ2n) is 3.49. The average molecular weight is 398 g/mol. The molecule has 0 aliphatic carbocycles. The zero-order chi connectivity index (χ0) is 12.1. The molecule has 2 N–H and O–H groups in total. The van der Waals surface area contributed by atoms with Crippen LogP contribution in [0.2, 0.25) is 0 Å². The van der Waals surface area contributed by atoms with Crippen molar-refractivity contribution in [1.82, 2.24) is 5.32 Å². The third kappa shape index (κ3) is 4.29. The van der Waals surface area contributed by atoms with Crippen LogP contribution in [0, 0.1) is 3.57 Å². The van der Waals surface area contributed by atoms with Crippen LogP contribution in [0.15, 0.2) is 18.2 Å². The van der Waals surface area contributed by atoms with E-state index in [-0.39, 0.29) is 11.7 Å². The number of aromatic hydroxyl groups is 1. The van der Waals surface area contributed by atoms with E-state index in [1.807, 2.05) is 6.92 Å². The molecule has 1 aromatic carbocycles. The summed E-state index contributed by atoms with van der Waals surface area (Å²) in [5, 5.41) is 12.3. The molecular formula is C11H13BrINO2. The quantitative estimate of drug-likeness (QED) is 0.606. The Bertz CT molecular complexity index is 382. The van der Waals surface area contributed by atoms with E-state index in [4.69, 9.17) is 0 Å². The number of phenols is 1. The zero-order valence-corrected chi connectivity index (χ0v) is 12.6. The number of rotatable bonds is 4. The van der Waals surface area contributed by atoms with Gasteiger partial charge in [-0.2, -0.15) is 0 Å². The Morgan fingerprint density at radius 1 is 1.62 bits per heavy atom. The van der Waals surface area contributed by atoms with E-state index in [9.17, 15) is 9.90 Å². The van der Waals surface area contributed by atoms with Gasteiger partial charge in [0.05, 0.1) is 5.56 Å². The minimum atomic E-state index is -0.232. The molecule has 0 radical (unpaired) electrons. The number of hydrogen-bond donors (Lipinski definition) is 2. The molecule has 1 unspecified atom stereocenters. The highest BCUT2D eigenvalue weighted by molar-refractivity contribution is 14.1. The topological polar surface area (TPSA) is 49.3 Å². The van der Waals surface area contributed by atoms with Crippen molar-refractivity contribution in [3.63, 3.8) is 0 Å². The van der Waals surface area contributed by atoms with Crippen molar-refractivity contribution in [2.75, 3.05) is 6.54 Å². The lowest BCUT2D eigenvalue weighted by molar-refractivity contribution is 0.0950. The summed E-state index contributed by atoms with van der Waals surface area (Å²) >= 11 is 5.51. The molecule has 1 rings (SSSR count). The minimum Gasteiger partial charge on any atom is -0.507 e. The molecule has 3 nitrogen and oxygen atoms in total.